The summed E-state index contributed by atoms with van der Waals surface area (Å²) in [5, 5.41) is 2.85. The van der Waals surface area contributed by atoms with Crippen LogP contribution in [0.3, 0.4) is 0 Å². The summed E-state index contributed by atoms with van der Waals surface area (Å²) in [6.07, 6.45) is 1.91. The molecule has 5 nitrogen and oxygen atoms in total. The van der Waals surface area contributed by atoms with E-state index >= 15 is 0 Å². The van der Waals surface area contributed by atoms with Crippen LogP contribution in [0.25, 0.3) is 10.2 Å². The molecule has 2 aromatic rings. The number of fused-ring (bicyclic) bond motifs is 1. The standard InChI is InChI=1S/C19H23ClF2N2O3S/c1-10(23-11(2)25)8-26-13-6-12(7-13)9-27-15-5-4-14-17(16(15)20)28-18(24-14)19(3,21)22/h4-5,10,12-13H,6-9H2,1-3H3,(H,23,25)/t10-,12?,13?/m0/s1. The third kappa shape index (κ3) is 5.10. The fourth-order valence-corrected chi connectivity index (χ4v) is 4.32. The van der Waals surface area contributed by atoms with Crippen molar-refractivity contribution in [3.8, 4) is 5.75 Å². The third-order valence-electron chi connectivity index (χ3n) is 4.54. The number of alkyl halides is 2. The molecule has 1 saturated carbocycles. The van der Waals surface area contributed by atoms with Gasteiger partial charge < -0.3 is 14.8 Å². The van der Waals surface area contributed by atoms with Crippen molar-refractivity contribution in [2.45, 2.75) is 51.7 Å². The fourth-order valence-electron chi connectivity index (χ4n) is 3.06. The summed E-state index contributed by atoms with van der Waals surface area (Å²) in [6, 6.07) is 3.31. The van der Waals surface area contributed by atoms with Crippen LogP contribution < -0.4 is 10.1 Å². The molecule has 0 saturated heterocycles. The second-order valence-corrected chi connectivity index (χ2v) is 8.72. The number of thiazole rings is 1. The van der Waals surface area contributed by atoms with Gasteiger partial charge in [-0.2, -0.15) is 8.78 Å². The van der Waals surface area contributed by atoms with Gasteiger partial charge in [-0.05, 0) is 37.8 Å². The third-order valence-corrected chi connectivity index (χ3v) is 6.28. The minimum atomic E-state index is -2.99. The molecule has 0 radical (unpaired) electrons. The highest BCUT2D eigenvalue weighted by Gasteiger charge is 2.32. The number of aromatic nitrogens is 1. The first-order chi connectivity index (χ1) is 13.1. The second-order valence-electron chi connectivity index (χ2n) is 7.34. The minimum Gasteiger partial charge on any atom is -0.492 e. The van der Waals surface area contributed by atoms with Crippen LogP contribution in [0.5, 0.6) is 5.75 Å². The van der Waals surface area contributed by atoms with E-state index < -0.39 is 5.92 Å². The van der Waals surface area contributed by atoms with Crippen LogP contribution in [0.2, 0.25) is 5.02 Å². The van der Waals surface area contributed by atoms with E-state index in [-0.39, 0.29) is 23.1 Å². The van der Waals surface area contributed by atoms with Crippen molar-refractivity contribution in [3.63, 3.8) is 0 Å². The van der Waals surface area contributed by atoms with Crippen LogP contribution in [0.15, 0.2) is 12.1 Å². The Labute approximate surface area is 171 Å². The summed E-state index contributed by atoms with van der Waals surface area (Å²) in [5.41, 5.74) is 0.448. The van der Waals surface area contributed by atoms with Gasteiger partial charge in [0.15, 0.2) is 5.01 Å². The molecule has 9 heteroatoms. The van der Waals surface area contributed by atoms with E-state index in [2.05, 4.69) is 10.3 Å². The molecular weight excluding hydrogens is 410 g/mol. The van der Waals surface area contributed by atoms with Gasteiger partial charge in [-0.25, -0.2) is 4.98 Å². The van der Waals surface area contributed by atoms with Crippen LogP contribution in [-0.2, 0) is 15.5 Å². The molecule has 0 unspecified atom stereocenters. The first-order valence-corrected chi connectivity index (χ1v) is 10.3. The van der Waals surface area contributed by atoms with E-state index in [1.165, 1.54) is 6.92 Å². The summed E-state index contributed by atoms with van der Waals surface area (Å²) >= 11 is 7.24. The predicted octanol–water partition coefficient (Wildman–Crippen LogP) is 4.76. The summed E-state index contributed by atoms with van der Waals surface area (Å²) < 4.78 is 39.1. The Morgan fingerprint density at radius 3 is 2.82 bits per heavy atom. The lowest BCUT2D eigenvalue weighted by atomic mass is 9.83. The number of benzene rings is 1. The molecule has 1 aromatic carbocycles. The van der Waals surface area contributed by atoms with Crippen molar-refractivity contribution in [1.29, 1.82) is 0 Å². The summed E-state index contributed by atoms with van der Waals surface area (Å²) in [6.45, 7) is 5.18. The molecular formula is C19H23ClF2N2O3S. The first kappa shape index (κ1) is 21.2. The number of halogens is 3. The van der Waals surface area contributed by atoms with E-state index in [1.54, 1.807) is 12.1 Å². The van der Waals surface area contributed by atoms with Crippen molar-refractivity contribution in [3.05, 3.63) is 22.2 Å². The van der Waals surface area contributed by atoms with Crippen LogP contribution in [0.4, 0.5) is 8.78 Å². The van der Waals surface area contributed by atoms with Gasteiger partial charge in [0.2, 0.25) is 5.91 Å². The van der Waals surface area contributed by atoms with E-state index in [1.807, 2.05) is 6.92 Å². The molecule has 1 aliphatic rings. The van der Waals surface area contributed by atoms with Crippen LogP contribution in [0, 0.1) is 5.92 Å². The lowest BCUT2D eigenvalue weighted by molar-refractivity contribution is -0.120. The van der Waals surface area contributed by atoms with Crippen LogP contribution >= 0.6 is 22.9 Å². The topological polar surface area (TPSA) is 60.5 Å². The highest BCUT2D eigenvalue weighted by molar-refractivity contribution is 7.19. The number of amides is 1. The molecule has 1 amide bonds. The Hall–Kier alpha value is -1.51. The van der Waals surface area contributed by atoms with Gasteiger partial charge in [0, 0.05) is 19.9 Å². The highest BCUT2D eigenvalue weighted by atomic mass is 35.5. The molecule has 1 aromatic heterocycles. The molecule has 28 heavy (non-hydrogen) atoms. The molecule has 1 N–H and O–H groups in total. The molecule has 0 aliphatic heterocycles. The van der Waals surface area contributed by atoms with Gasteiger partial charge in [0.25, 0.3) is 5.92 Å². The molecule has 3 rings (SSSR count). The normalized spacial score (nSPS) is 20.6. The van der Waals surface area contributed by atoms with E-state index in [4.69, 9.17) is 21.1 Å². The van der Waals surface area contributed by atoms with Gasteiger partial charge in [0.1, 0.15) is 10.8 Å². The Morgan fingerprint density at radius 1 is 1.46 bits per heavy atom. The summed E-state index contributed by atoms with van der Waals surface area (Å²) in [4.78, 5) is 14.9. The maximum Gasteiger partial charge on any atom is 0.296 e. The van der Waals surface area contributed by atoms with Gasteiger partial charge in [-0.3, -0.25) is 4.79 Å². The minimum absolute atomic E-state index is 0.0156. The number of hydrogen-bond acceptors (Lipinski definition) is 5. The van der Waals surface area contributed by atoms with Gasteiger partial charge in [0.05, 0.1) is 29.5 Å². The smallest absolute Gasteiger partial charge is 0.296 e. The average molecular weight is 433 g/mol. The monoisotopic (exact) mass is 432 g/mol. The van der Waals surface area contributed by atoms with Gasteiger partial charge in [-0.15, -0.1) is 11.3 Å². The molecule has 1 atom stereocenters. The predicted molar refractivity (Wildman–Crippen MR) is 105 cm³/mol. The van der Waals surface area contributed by atoms with Crippen molar-refractivity contribution in [2.24, 2.45) is 5.92 Å². The number of rotatable bonds is 8. The molecule has 1 heterocycles. The van der Waals surface area contributed by atoms with Crippen LogP contribution in [-0.4, -0.2) is 36.3 Å². The van der Waals surface area contributed by atoms with Crippen molar-refractivity contribution in [1.82, 2.24) is 10.3 Å². The number of nitrogens with one attached hydrogen (secondary N) is 1. The molecule has 1 aliphatic carbocycles. The summed E-state index contributed by atoms with van der Waals surface area (Å²) in [5.74, 6) is -2.23. The van der Waals surface area contributed by atoms with Gasteiger partial charge in [-0.1, -0.05) is 11.6 Å². The fraction of sp³-hybridized carbons (Fsp3) is 0.579. The van der Waals surface area contributed by atoms with Gasteiger partial charge >= 0.3 is 0 Å². The largest absolute Gasteiger partial charge is 0.492 e. The Balaban J connectivity index is 1.49. The Bertz CT molecular complexity index is 850. The molecule has 0 bridgehead atoms. The number of carbonyl (C=O) groups excluding carboxylic acids is 1. The molecule has 1 fully saturated rings. The SMILES string of the molecule is CC(=O)N[C@@H](C)COC1CC(COc2ccc3nc(C(C)(F)F)sc3c2Cl)C1. The Morgan fingerprint density at radius 2 is 2.18 bits per heavy atom. The number of hydrogen-bond donors (Lipinski definition) is 1. The average Bonchev–Trinajstić information content (AvgIpc) is 2.99. The number of carbonyl (C=O) groups is 1. The van der Waals surface area contributed by atoms with Crippen molar-refractivity contribution in [2.75, 3.05) is 13.2 Å². The lowest BCUT2D eigenvalue weighted by Gasteiger charge is -2.35. The zero-order valence-corrected chi connectivity index (χ0v) is 17.5. The number of ether oxygens (including phenoxy) is 2. The van der Waals surface area contributed by atoms with E-state index in [0.29, 0.717) is 40.1 Å². The zero-order valence-electron chi connectivity index (χ0n) is 15.9. The summed E-state index contributed by atoms with van der Waals surface area (Å²) in [7, 11) is 0. The second kappa shape index (κ2) is 8.47. The van der Waals surface area contributed by atoms with E-state index in [0.717, 1.165) is 31.1 Å². The van der Waals surface area contributed by atoms with E-state index in [9.17, 15) is 13.6 Å². The van der Waals surface area contributed by atoms with Crippen molar-refractivity contribution < 1.29 is 23.0 Å². The van der Waals surface area contributed by atoms with Crippen LogP contribution in [0.1, 0.15) is 38.6 Å². The quantitative estimate of drug-likeness (QED) is 0.653. The Kier molecular flexibility index (Phi) is 6.41. The first-order valence-electron chi connectivity index (χ1n) is 9.12. The lowest BCUT2D eigenvalue weighted by Crippen LogP contribution is -2.40. The van der Waals surface area contributed by atoms with Crippen molar-refractivity contribution >= 4 is 39.1 Å². The molecule has 154 valence electrons. The maximum atomic E-state index is 13.5. The highest BCUT2D eigenvalue weighted by Crippen LogP contribution is 2.41. The maximum absolute atomic E-state index is 13.5. The zero-order chi connectivity index (χ0) is 20.5. The molecule has 0 spiro atoms. The number of nitrogens with zero attached hydrogens (tertiary/aromatic N) is 1.